The third kappa shape index (κ3) is 4.21. The molecular formula is C27H34N2O3. The fourth-order valence-electron chi connectivity index (χ4n) is 5.08. The van der Waals surface area contributed by atoms with Crippen LogP contribution in [0.4, 0.5) is 0 Å². The summed E-state index contributed by atoms with van der Waals surface area (Å²) in [7, 11) is 2.07. The van der Waals surface area contributed by atoms with Crippen LogP contribution >= 0.6 is 0 Å². The molecule has 3 heterocycles. The van der Waals surface area contributed by atoms with Gasteiger partial charge in [-0.3, -0.25) is 4.98 Å². The molecule has 2 saturated heterocycles. The highest BCUT2D eigenvalue weighted by Gasteiger charge is 2.55. The smallest absolute Gasteiger partial charge is 0.130 e. The quantitative estimate of drug-likeness (QED) is 0.723. The number of nitrogens with zero attached hydrogens (tertiary/aromatic N) is 2. The first-order chi connectivity index (χ1) is 15.2. The van der Waals surface area contributed by atoms with Crippen LogP contribution < -0.4 is 0 Å². The zero-order valence-electron chi connectivity index (χ0n) is 19.6. The molecule has 0 saturated carbocycles. The van der Waals surface area contributed by atoms with Crippen molar-refractivity contribution in [2.45, 2.75) is 50.7 Å². The highest BCUT2D eigenvalue weighted by molar-refractivity contribution is 5.45. The molecule has 32 heavy (non-hydrogen) atoms. The van der Waals surface area contributed by atoms with Crippen molar-refractivity contribution in [2.75, 3.05) is 33.4 Å². The number of hydrogen-bond donors (Lipinski definition) is 2. The van der Waals surface area contributed by atoms with Crippen LogP contribution in [0.1, 0.15) is 61.8 Å². The van der Waals surface area contributed by atoms with Crippen molar-refractivity contribution >= 4 is 0 Å². The number of aromatic nitrogens is 1. The summed E-state index contributed by atoms with van der Waals surface area (Å²) >= 11 is 0. The summed E-state index contributed by atoms with van der Waals surface area (Å²) in [6, 6.07) is 10.2. The number of ether oxygens (including phenoxy) is 1. The normalized spacial score (nSPS) is 21.8. The van der Waals surface area contributed by atoms with Crippen LogP contribution in [0.3, 0.4) is 0 Å². The summed E-state index contributed by atoms with van der Waals surface area (Å²) in [5.41, 5.74) is 0.956. The van der Waals surface area contributed by atoms with Crippen molar-refractivity contribution in [3.8, 4) is 11.8 Å². The Morgan fingerprint density at radius 2 is 1.75 bits per heavy atom. The van der Waals surface area contributed by atoms with Crippen LogP contribution in [-0.4, -0.2) is 59.0 Å². The molecule has 5 nitrogen and oxygen atoms in total. The Morgan fingerprint density at radius 3 is 2.34 bits per heavy atom. The lowest BCUT2D eigenvalue weighted by molar-refractivity contribution is -0.127. The molecule has 0 aliphatic carbocycles. The lowest BCUT2D eigenvalue weighted by Gasteiger charge is -2.55. The van der Waals surface area contributed by atoms with Crippen molar-refractivity contribution < 1.29 is 14.9 Å². The van der Waals surface area contributed by atoms with Gasteiger partial charge in [0.05, 0.1) is 13.2 Å². The number of benzene rings is 1. The summed E-state index contributed by atoms with van der Waals surface area (Å²) in [5.74, 6) is 6.55. The number of likely N-dealkylation sites (tertiary alicyclic amines) is 1. The topological polar surface area (TPSA) is 65.8 Å². The Kier molecular flexibility index (Phi) is 6.17. The number of rotatable bonds is 4. The van der Waals surface area contributed by atoms with Crippen LogP contribution in [0.15, 0.2) is 42.7 Å². The zero-order valence-corrected chi connectivity index (χ0v) is 19.6. The van der Waals surface area contributed by atoms with Crippen molar-refractivity contribution in [1.29, 1.82) is 0 Å². The largest absolute Gasteiger partial charge is 0.381 e. The molecule has 0 bridgehead atoms. The second kappa shape index (κ2) is 8.61. The molecule has 0 unspecified atom stereocenters. The van der Waals surface area contributed by atoms with Gasteiger partial charge in [-0.25, -0.2) is 0 Å². The maximum atomic E-state index is 12.3. The van der Waals surface area contributed by atoms with Crippen molar-refractivity contribution in [2.24, 2.45) is 5.41 Å². The molecule has 1 aromatic heterocycles. The van der Waals surface area contributed by atoms with Crippen LogP contribution in [0.25, 0.3) is 0 Å². The van der Waals surface area contributed by atoms with E-state index in [1.807, 2.05) is 18.2 Å². The molecule has 1 atom stereocenters. The van der Waals surface area contributed by atoms with Gasteiger partial charge in [0.25, 0.3) is 0 Å². The molecule has 4 rings (SSSR count). The van der Waals surface area contributed by atoms with Crippen molar-refractivity contribution in [1.82, 2.24) is 9.88 Å². The first kappa shape index (κ1) is 22.9. The molecule has 0 amide bonds. The third-order valence-electron chi connectivity index (χ3n) is 7.02. The zero-order chi connectivity index (χ0) is 23.0. The first-order valence-electron chi connectivity index (χ1n) is 11.5. The number of pyridine rings is 1. The monoisotopic (exact) mass is 434 g/mol. The molecule has 2 N–H and O–H groups in total. The van der Waals surface area contributed by atoms with Gasteiger partial charge >= 0.3 is 0 Å². The summed E-state index contributed by atoms with van der Waals surface area (Å²) in [5, 5.41) is 23.0. The Labute approximate surface area is 191 Å². The minimum atomic E-state index is -1.20. The summed E-state index contributed by atoms with van der Waals surface area (Å²) in [4.78, 5) is 6.63. The van der Waals surface area contributed by atoms with E-state index in [2.05, 4.69) is 61.7 Å². The number of aliphatic hydroxyl groups is 2. The van der Waals surface area contributed by atoms with Gasteiger partial charge in [0.15, 0.2) is 0 Å². The fourth-order valence-corrected chi connectivity index (χ4v) is 5.08. The van der Waals surface area contributed by atoms with E-state index in [4.69, 9.17) is 4.74 Å². The van der Waals surface area contributed by atoms with E-state index < -0.39 is 11.2 Å². The first-order valence-corrected chi connectivity index (χ1v) is 11.5. The molecule has 0 radical (unpaired) electrons. The molecule has 2 aromatic rings. The van der Waals surface area contributed by atoms with E-state index in [9.17, 15) is 10.2 Å². The average Bonchev–Trinajstić information content (AvgIpc) is 2.77. The molecule has 2 aliphatic heterocycles. The molecular weight excluding hydrogens is 400 g/mol. The van der Waals surface area contributed by atoms with Crippen LogP contribution in [0.2, 0.25) is 0 Å². The van der Waals surface area contributed by atoms with Crippen LogP contribution in [0.5, 0.6) is 0 Å². The second-order valence-corrected chi connectivity index (χ2v) is 10.1. The Balaban J connectivity index is 1.73. The predicted octanol–water partition coefficient (Wildman–Crippen LogP) is 3.29. The van der Waals surface area contributed by atoms with Gasteiger partial charge in [0, 0.05) is 54.9 Å². The van der Waals surface area contributed by atoms with Crippen LogP contribution in [-0.2, 0) is 10.3 Å². The van der Waals surface area contributed by atoms with Crippen molar-refractivity contribution in [3.05, 3.63) is 65.0 Å². The lowest BCUT2D eigenvalue weighted by atomic mass is 9.62. The summed E-state index contributed by atoms with van der Waals surface area (Å²) < 4.78 is 5.34. The highest BCUT2D eigenvalue weighted by Crippen LogP contribution is 2.50. The maximum absolute atomic E-state index is 12.3. The minimum absolute atomic E-state index is 0.353. The molecule has 5 heteroatoms. The van der Waals surface area contributed by atoms with E-state index in [0.717, 1.165) is 24.2 Å². The molecule has 2 aliphatic rings. The Hall–Kier alpha value is -2.23. The lowest BCUT2D eigenvalue weighted by Crippen LogP contribution is -2.63. The highest BCUT2D eigenvalue weighted by atomic mass is 16.5. The van der Waals surface area contributed by atoms with E-state index in [-0.39, 0.29) is 5.41 Å². The molecule has 1 aromatic carbocycles. The number of hydrogen-bond acceptors (Lipinski definition) is 5. The summed E-state index contributed by atoms with van der Waals surface area (Å²) in [6.07, 6.45) is 4.44. The van der Waals surface area contributed by atoms with E-state index in [1.54, 1.807) is 12.4 Å². The van der Waals surface area contributed by atoms with E-state index in [0.29, 0.717) is 37.5 Å². The van der Waals surface area contributed by atoms with Gasteiger partial charge in [0.1, 0.15) is 11.2 Å². The van der Waals surface area contributed by atoms with Gasteiger partial charge in [-0.15, -0.1) is 0 Å². The molecule has 2 fully saturated rings. The SMILES string of the molecule is CC(C)c1ccc([C@](O)(c2cncc(C#CC3(O)CCOCC3)c2)C2(C)CN(C)C2)cc1. The van der Waals surface area contributed by atoms with Crippen molar-refractivity contribution in [3.63, 3.8) is 0 Å². The van der Waals surface area contributed by atoms with E-state index in [1.165, 1.54) is 5.56 Å². The molecule has 0 spiro atoms. The average molecular weight is 435 g/mol. The van der Waals surface area contributed by atoms with E-state index >= 15 is 0 Å². The van der Waals surface area contributed by atoms with Gasteiger partial charge in [-0.2, -0.15) is 0 Å². The Bertz CT molecular complexity index is 1010. The molecule has 170 valence electrons. The Morgan fingerprint density at radius 1 is 1.09 bits per heavy atom. The predicted molar refractivity (Wildman–Crippen MR) is 125 cm³/mol. The third-order valence-corrected chi connectivity index (χ3v) is 7.02. The van der Waals surface area contributed by atoms with Gasteiger partial charge < -0.3 is 19.8 Å². The second-order valence-electron chi connectivity index (χ2n) is 10.1. The summed E-state index contributed by atoms with van der Waals surface area (Å²) in [6.45, 7) is 9.06. The minimum Gasteiger partial charge on any atom is -0.381 e. The van der Waals surface area contributed by atoms with Gasteiger partial charge in [0.2, 0.25) is 0 Å². The fraction of sp³-hybridized carbons (Fsp3) is 0.519. The maximum Gasteiger partial charge on any atom is 0.130 e. The van der Waals surface area contributed by atoms with Gasteiger partial charge in [-0.05, 0) is 30.2 Å². The standard InChI is InChI=1S/C27H34N2O3/c1-20(2)22-5-7-23(8-6-22)27(31,25(3)18-29(4)19-25)24-15-21(16-28-17-24)9-10-26(30)11-13-32-14-12-26/h5-8,15-17,20,30-31H,11-14,18-19H2,1-4H3/t27-/m0/s1. The van der Waals surface area contributed by atoms with Gasteiger partial charge in [-0.1, -0.05) is 56.9 Å². The van der Waals surface area contributed by atoms with Crippen LogP contribution in [0, 0.1) is 17.3 Å².